The number of carbonyl (C=O) groups is 1. The molecule has 0 aliphatic heterocycles. The number of aryl methyl sites for hydroxylation is 1. The Labute approximate surface area is 144 Å². The molecule has 0 aromatic heterocycles. The first-order valence-corrected chi connectivity index (χ1v) is 9.76. The number of rotatable bonds is 0. The first kappa shape index (κ1) is 15.0. The summed E-state index contributed by atoms with van der Waals surface area (Å²) in [5, 5.41) is 9.86. The lowest BCUT2D eigenvalue weighted by atomic mass is 9.46. The maximum atomic E-state index is 13.1. The van der Waals surface area contributed by atoms with Gasteiger partial charge in [0, 0.05) is 11.8 Å². The van der Waals surface area contributed by atoms with Gasteiger partial charge in [-0.1, -0.05) is 19.9 Å². The lowest BCUT2D eigenvalue weighted by Gasteiger charge is -2.57. The zero-order valence-corrected chi connectivity index (χ0v) is 14.9. The van der Waals surface area contributed by atoms with E-state index in [0.29, 0.717) is 23.4 Å². The van der Waals surface area contributed by atoms with Gasteiger partial charge in [0.15, 0.2) is 0 Å². The van der Waals surface area contributed by atoms with Crippen LogP contribution in [0.25, 0.3) is 0 Å². The van der Waals surface area contributed by atoms with Gasteiger partial charge >= 0.3 is 0 Å². The molecule has 0 amide bonds. The van der Waals surface area contributed by atoms with E-state index in [9.17, 15) is 9.90 Å². The molecular weight excluding hydrogens is 296 g/mol. The highest BCUT2D eigenvalue weighted by Gasteiger charge is 2.69. The Morgan fingerprint density at radius 3 is 2.67 bits per heavy atom. The van der Waals surface area contributed by atoms with Crippen LogP contribution in [-0.2, 0) is 16.6 Å². The van der Waals surface area contributed by atoms with E-state index in [2.05, 4.69) is 19.9 Å². The largest absolute Gasteiger partial charge is 0.508 e. The monoisotopic (exact) mass is 324 g/mol. The fraction of sp³-hybridized carbons (Fsp3) is 0.682. The van der Waals surface area contributed by atoms with Crippen molar-refractivity contribution in [2.24, 2.45) is 22.7 Å². The van der Waals surface area contributed by atoms with Gasteiger partial charge in [0.1, 0.15) is 11.5 Å². The number of hydrogen-bond donors (Lipinski definition) is 1. The number of aromatic hydroxyl groups is 1. The summed E-state index contributed by atoms with van der Waals surface area (Å²) in [7, 11) is 0. The van der Waals surface area contributed by atoms with E-state index in [1.54, 1.807) is 0 Å². The molecule has 1 aromatic rings. The molecule has 2 heteroatoms. The first-order chi connectivity index (χ1) is 11.4. The Morgan fingerprint density at radius 1 is 1.00 bits per heavy atom. The van der Waals surface area contributed by atoms with Crippen LogP contribution in [0.1, 0.15) is 69.9 Å². The Bertz CT molecular complexity index is 737. The molecule has 1 N–H and O–H groups in total. The van der Waals surface area contributed by atoms with E-state index in [0.717, 1.165) is 32.1 Å². The summed E-state index contributed by atoms with van der Waals surface area (Å²) in [4.78, 5) is 13.1. The summed E-state index contributed by atoms with van der Waals surface area (Å²) in [6, 6.07) is 6.00. The summed E-state index contributed by atoms with van der Waals surface area (Å²) < 4.78 is 0. The van der Waals surface area contributed by atoms with Gasteiger partial charge in [-0.3, -0.25) is 4.79 Å². The molecule has 0 saturated heterocycles. The summed E-state index contributed by atoms with van der Waals surface area (Å²) in [6.07, 6.45) is 8.89. The number of benzene rings is 1. The molecule has 128 valence electrons. The molecule has 2 nitrogen and oxygen atoms in total. The van der Waals surface area contributed by atoms with Crippen molar-refractivity contribution < 1.29 is 9.90 Å². The third-order valence-corrected chi connectivity index (χ3v) is 8.89. The number of phenols is 1. The average molecular weight is 324 g/mol. The minimum atomic E-state index is -0.00833. The molecule has 2 unspecified atom stereocenters. The van der Waals surface area contributed by atoms with E-state index in [-0.39, 0.29) is 16.2 Å². The lowest BCUT2D eigenvalue weighted by Crippen LogP contribution is -2.54. The van der Waals surface area contributed by atoms with Crippen LogP contribution < -0.4 is 0 Å². The van der Waals surface area contributed by atoms with E-state index >= 15 is 0 Å². The molecule has 1 aromatic carbocycles. The van der Waals surface area contributed by atoms with Crippen LogP contribution in [0.2, 0.25) is 0 Å². The number of Topliss-reactive ketones (excluding diaryl/α,β-unsaturated/α-hetero) is 1. The smallest absolute Gasteiger partial charge is 0.139 e. The first-order valence-electron chi connectivity index (χ1n) is 9.76. The van der Waals surface area contributed by atoms with Crippen LogP contribution in [0.15, 0.2) is 18.2 Å². The summed E-state index contributed by atoms with van der Waals surface area (Å²) >= 11 is 0. The molecule has 3 saturated carbocycles. The quantitative estimate of drug-likeness (QED) is 0.746. The van der Waals surface area contributed by atoms with E-state index in [1.807, 2.05) is 12.1 Å². The van der Waals surface area contributed by atoms with Crippen LogP contribution in [0, 0.1) is 22.7 Å². The van der Waals surface area contributed by atoms with Gasteiger partial charge in [-0.25, -0.2) is 0 Å². The number of hydrogen-bond acceptors (Lipinski definition) is 2. The predicted molar refractivity (Wildman–Crippen MR) is 94.0 cm³/mol. The molecule has 4 aliphatic rings. The fourth-order valence-corrected chi connectivity index (χ4v) is 7.66. The standard InChI is InChI=1S/C22H28O2/c1-20-9-7-18-17-5-3-14-13-15(23)4-6-16(14)21(17,2)11-12-22(18,20)19(24)8-10-20/h4,6,13,17-18,23H,3,5,7-12H2,1-2H3/t17?,18?,20-,21+,22+/m0/s1. The molecule has 4 aliphatic carbocycles. The average Bonchev–Trinajstić information content (AvgIpc) is 2.98. The number of ketones is 1. The van der Waals surface area contributed by atoms with Crippen molar-refractivity contribution in [3.05, 3.63) is 29.3 Å². The van der Waals surface area contributed by atoms with Gasteiger partial charge < -0.3 is 5.11 Å². The highest BCUT2D eigenvalue weighted by Crippen LogP contribution is 2.73. The Balaban J connectivity index is 1.63. The van der Waals surface area contributed by atoms with Gasteiger partial charge in [-0.2, -0.15) is 0 Å². The molecule has 1 spiro atoms. The van der Waals surface area contributed by atoms with Crippen LogP contribution in [0.3, 0.4) is 0 Å². The molecule has 0 radical (unpaired) electrons. The van der Waals surface area contributed by atoms with Crippen LogP contribution >= 0.6 is 0 Å². The molecule has 0 bridgehead atoms. The van der Waals surface area contributed by atoms with E-state index in [1.165, 1.54) is 30.4 Å². The highest BCUT2D eigenvalue weighted by molar-refractivity contribution is 5.89. The number of carbonyl (C=O) groups excluding carboxylic acids is 1. The summed E-state index contributed by atoms with van der Waals surface area (Å²) in [6.45, 7) is 4.85. The van der Waals surface area contributed by atoms with Gasteiger partial charge in [-0.15, -0.1) is 0 Å². The fourth-order valence-electron chi connectivity index (χ4n) is 7.66. The van der Waals surface area contributed by atoms with Gasteiger partial charge in [-0.05, 0) is 90.9 Å². The maximum absolute atomic E-state index is 13.1. The van der Waals surface area contributed by atoms with Crippen molar-refractivity contribution in [3.63, 3.8) is 0 Å². The molecule has 0 heterocycles. The van der Waals surface area contributed by atoms with Gasteiger partial charge in [0.05, 0.1) is 0 Å². The Morgan fingerprint density at radius 2 is 1.83 bits per heavy atom. The zero-order valence-electron chi connectivity index (χ0n) is 14.9. The molecule has 5 rings (SSSR count). The minimum absolute atomic E-state index is 0.00833. The third kappa shape index (κ3) is 1.52. The minimum Gasteiger partial charge on any atom is -0.508 e. The summed E-state index contributed by atoms with van der Waals surface area (Å²) in [5.41, 5.74) is 3.23. The molecule has 3 fully saturated rings. The molecular formula is C22H28O2. The van der Waals surface area contributed by atoms with Crippen LogP contribution in [0.4, 0.5) is 0 Å². The van der Waals surface area contributed by atoms with E-state index < -0.39 is 0 Å². The number of phenolic OH excluding ortho intramolecular Hbond substituents is 1. The third-order valence-electron chi connectivity index (χ3n) is 8.89. The van der Waals surface area contributed by atoms with Crippen molar-refractivity contribution in [2.75, 3.05) is 0 Å². The predicted octanol–water partition coefficient (Wildman–Crippen LogP) is 4.77. The number of fused-ring (bicyclic) bond motifs is 4. The van der Waals surface area contributed by atoms with Crippen molar-refractivity contribution in [1.29, 1.82) is 0 Å². The van der Waals surface area contributed by atoms with Crippen molar-refractivity contribution in [2.45, 2.75) is 70.6 Å². The summed E-state index contributed by atoms with van der Waals surface area (Å²) in [5.74, 6) is 2.19. The topological polar surface area (TPSA) is 37.3 Å². The van der Waals surface area contributed by atoms with E-state index in [4.69, 9.17) is 0 Å². The second kappa shape index (κ2) is 4.45. The molecule has 24 heavy (non-hydrogen) atoms. The lowest BCUT2D eigenvalue weighted by molar-refractivity contribution is -0.139. The van der Waals surface area contributed by atoms with Gasteiger partial charge in [0.2, 0.25) is 0 Å². The Hall–Kier alpha value is -1.31. The normalized spacial score (nSPS) is 46.2. The van der Waals surface area contributed by atoms with Crippen molar-refractivity contribution >= 4 is 5.78 Å². The van der Waals surface area contributed by atoms with Crippen LogP contribution in [0.5, 0.6) is 5.75 Å². The molecule has 5 atom stereocenters. The maximum Gasteiger partial charge on any atom is 0.139 e. The highest BCUT2D eigenvalue weighted by atomic mass is 16.3. The van der Waals surface area contributed by atoms with Crippen molar-refractivity contribution in [1.82, 2.24) is 0 Å². The van der Waals surface area contributed by atoms with Gasteiger partial charge in [0.25, 0.3) is 0 Å². The van der Waals surface area contributed by atoms with Crippen molar-refractivity contribution in [3.8, 4) is 5.75 Å². The Kier molecular flexibility index (Phi) is 2.78. The second-order valence-corrected chi connectivity index (χ2v) is 9.50. The second-order valence-electron chi connectivity index (χ2n) is 9.50. The zero-order chi connectivity index (χ0) is 16.7. The SMILES string of the molecule is C[C@]12CCC(=O)[C@]13CC[C@]1(C)c4ccc(O)cc4CCC1C3CC2. The van der Waals surface area contributed by atoms with Crippen LogP contribution in [-0.4, -0.2) is 10.9 Å².